The zero-order chi connectivity index (χ0) is 43.1. The Bertz CT molecular complexity index is 2300. The summed E-state index contributed by atoms with van der Waals surface area (Å²) in [4.78, 5) is 18.8. The maximum Gasteiger partial charge on any atom is 0.196 e. The molecule has 1 aromatic carbocycles. The molecule has 328 valence electrons. The summed E-state index contributed by atoms with van der Waals surface area (Å²) in [5, 5.41) is 43.6. The first-order valence-electron chi connectivity index (χ1n) is 21.9. The van der Waals surface area contributed by atoms with Crippen LogP contribution in [0.25, 0.3) is 15.8 Å². The molecule has 0 amide bonds. The Hall–Kier alpha value is -4.12. The number of nitrogens with zero attached hydrogens (tertiary/aromatic N) is 7. The molecule has 0 radical (unpaired) electrons. The third-order valence-electron chi connectivity index (χ3n) is 13.8. The summed E-state index contributed by atoms with van der Waals surface area (Å²) in [6, 6.07) is 8.55. The lowest BCUT2D eigenvalue weighted by Gasteiger charge is -2.56. The van der Waals surface area contributed by atoms with Crippen molar-refractivity contribution < 1.29 is 24.4 Å². The number of halogens is 1. The largest absolute Gasteiger partial charge is 0.404 e. The van der Waals surface area contributed by atoms with Crippen molar-refractivity contribution in [2.45, 2.75) is 104 Å². The molecular weight excluding hydrogens is 794 g/mol. The fourth-order valence-corrected chi connectivity index (χ4v) is 12.6. The molecule has 5 aliphatic rings. The summed E-state index contributed by atoms with van der Waals surface area (Å²) in [5.74, 6) is 2.32. The number of likely N-dealkylation sites (N-methyl/N-ethyl adjacent to an activating group) is 1. The second-order valence-electron chi connectivity index (χ2n) is 19.0. The molecule has 15 heteroatoms. The molecule has 4 aliphatic carbocycles. The molecule has 9 rings (SSSR count). The topological polar surface area (TPSA) is 178 Å². The number of hydrogen-bond acceptors (Lipinski definition) is 14. The number of pyridine rings is 1. The molecule has 4 bridgehead atoms. The first-order valence-corrected chi connectivity index (χ1v) is 22.7. The van der Waals surface area contributed by atoms with E-state index in [0.29, 0.717) is 68.9 Å². The molecule has 5 atom stereocenters. The summed E-state index contributed by atoms with van der Waals surface area (Å²) < 4.78 is 21.8. The minimum Gasteiger partial charge on any atom is -0.404 e. The Morgan fingerprint density at radius 3 is 2.66 bits per heavy atom. The van der Waals surface area contributed by atoms with Crippen LogP contribution in [-0.4, -0.2) is 98.1 Å². The van der Waals surface area contributed by atoms with Crippen molar-refractivity contribution in [3.05, 3.63) is 64.7 Å². The molecule has 0 spiro atoms. The second-order valence-corrected chi connectivity index (χ2v) is 20.0. The van der Waals surface area contributed by atoms with Crippen LogP contribution in [0.3, 0.4) is 0 Å². The Morgan fingerprint density at radius 2 is 1.90 bits per heavy atom. The van der Waals surface area contributed by atoms with Crippen LogP contribution < -0.4 is 16.0 Å². The van der Waals surface area contributed by atoms with Crippen molar-refractivity contribution in [2.75, 3.05) is 56.7 Å². The third kappa shape index (κ3) is 9.05. The summed E-state index contributed by atoms with van der Waals surface area (Å²) in [6.45, 7) is 13.0. The van der Waals surface area contributed by atoms with E-state index in [1.54, 1.807) is 12.1 Å². The van der Waals surface area contributed by atoms with E-state index in [2.05, 4.69) is 46.3 Å². The molecule has 5 unspecified atom stereocenters. The number of nitrogens with two attached hydrogens (primary N) is 1. The first-order chi connectivity index (χ1) is 29.2. The molecule has 3 aromatic heterocycles. The van der Waals surface area contributed by atoms with E-state index in [9.17, 15) is 19.7 Å². The van der Waals surface area contributed by atoms with Crippen molar-refractivity contribution in [2.24, 2.45) is 33.4 Å². The van der Waals surface area contributed by atoms with E-state index in [0.717, 1.165) is 87.9 Å². The number of aromatic nitrogens is 4. The van der Waals surface area contributed by atoms with Crippen LogP contribution in [0.5, 0.6) is 0 Å². The highest BCUT2D eigenvalue weighted by Gasteiger charge is 2.60. The zero-order valence-electron chi connectivity index (χ0n) is 36.3. The quantitative estimate of drug-likeness (QED) is 0.0425. The summed E-state index contributed by atoms with van der Waals surface area (Å²) in [7, 11) is 2.14. The van der Waals surface area contributed by atoms with Gasteiger partial charge in [0.1, 0.15) is 17.3 Å². The highest BCUT2D eigenvalue weighted by Crippen LogP contribution is 2.66. The summed E-state index contributed by atoms with van der Waals surface area (Å²) in [6.07, 6.45) is 9.82. The highest BCUT2D eigenvalue weighted by atomic mass is 32.1. The molecule has 13 nitrogen and oxygen atoms in total. The van der Waals surface area contributed by atoms with E-state index in [4.69, 9.17) is 20.4 Å². The van der Waals surface area contributed by atoms with Crippen molar-refractivity contribution >= 4 is 55.4 Å². The fourth-order valence-electron chi connectivity index (χ4n) is 11.7. The molecule has 61 heavy (non-hydrogen) atoms. The van der Waals surface area contributed by atoms with E-state index >= 15 is 0 Å². The molecule has 6 N–H and O–H groups in total. The van der Waals surface area contributed by atoms with Crippen LogP contribution in [0.1, 0.15) is 107 Å². The van der Waals surface area contributed by atoms with Crippen molar-refractivity contribution in [3.63, 3.8) is 0 Å². The van der Waals surface area contributed by atoms with Crippen molar-refractivity contribution in [1.82, 2.24) is 25.1 Å². The van der Waals surface area contributed by atoms with Crippen LogP contribution >= 0.6 is 11.3 Å². The Balaban J connectivity index is 0.982. The molecule has 0 saturated heterocycles. The van der Waals surface area contributed by atoms with Gasteiger partial charge in [-0.25, -0.2) is 14.4 Å². The number of unbranched alkanes of at least 4 members (excludes halogenated alkanes) is 1. The number of fused-ring (bicyclic) bond motifs is 3. The predicted molar refractivity (Wildman–Crippen MR) is 240 cm³/mol. The Kier molecular flexibility index (Phi) is 12.5. The van der Waals surface area contributed by atoms with Gasteiger partial charge in [-0.3, -0.25) is 4.99 Å². The van der Waals surface area contributed by atoms with Crippen LogP contribution in [0.15, 0.2) is 41.5 Å². The molecule has 4 heterocycles. The Labute approximate surface area is 362 Å². The smallest absolute Gasteiger partial charge is 0.196 e. The van der Waals surface area contributed by atoms with Crippen molar-refractivity contribution in [1.29, 1.82) is 0 Å². The van der Waals surface area contributed by atoms with Gasteiger partial charge in [0.05, 0.1) is 22.4 Å². The Morgan fingerprint density at radius 1 is 1.10 bits per heavy atom. The monoisotopic (exact) mass is 855 g/mol. The highest BCUT2D eigenvalue weighted by molar-refractivity contribution is 7.22. The van der Waals surface area contributed by atoms with E-state index in [1.165, 1.54) is 36.4 Å². The predicted octanol–water partition coefficient (Wildman–Crippen LogP) is 7.59. The first kappa shape index (κ1) is 43.5. The van der Waals surface area contributed by atoms with Gasteiger partial charge in [-0.2, -0.15) is 0 Å². The zero-order valence-corrected chi connectivity index (χ0v) is 37.1. The number of thiazole rings is 1. The van der Waals surface area contributed by atoms with Crippen molar-refractivity contribution in [3.8, 4) is 0 Å². The second kappa shape index (κ2) is 17.6. The maximum atomic E-state index is 14.4. The lowest BCUT2D eigenvalue weighted by atomic mass is 9.53. The van der Waals surface area contributed by atoms with Gasteiger partial charge in [0.25, 0.3) is 0 Å². The van der Waals surface area contributed by atoms with Gasteiger partial charge in [-0.15, -0.1) is 10.2 Å². The van der Waals surface area contributed by atoms with Crippen LogP contribution in [0.2, 0.25) is 0 Å². The minimum atomic E-state index is -1.86. The van der Waals surface area contributed by atoms with Gasteiger partial charge in [0, 0.05) is 60.4 Å². The third-order valence-corrected chi connectivity index (χ3v) is 14.8. The van der Waals surface area contributed by atoms with Gasteiger partial charge in [0.15, 0.2) is 23.1 Å². The van der Waals surface area contributed by atoms with E-state index < -0.39 is 6.29 Å². The summed E-state index contributed by atoms with van der Waals surface area (Å²) in [5.41, 5.74) is 11.1. The van der Waals surface area contributed by atoms with Crippen LogP contribution in [-0.2, 0) is 11.2 Å². The average Bonchev–Trinajstić information content (AvgIpc) is 3.57. The van der Waals surface area contributed by atoms with E-state index in [-0.39, 0.29) is 34.5 Å². The minimum absolute atomic E-state index is 0.0888. The fraction of sp³-hybridized carbons (Fsp3) is 0.587. The summed E-state index contributed by atoms with van der Waals surface area (Å²) >= 11 is 1.23. The number of ether oxygens (including phenoxy) is 1. The maximum absolute atomic E-state index is 14.4. The number of hydrogen-bond donors (Lipinski definition) is 5. The number of aliphatic imine (C=N–C) groups is 1. The number of rotatable bonds is 16. The number of allylic oxidation sites excluding steroid dienone is 1. The van der Waals surface area contributed by atoms with Gasteiger partial charge in [0.2, 0.25) is 0 Å². The van der Waals surface area contributed by atoms with Gasteiger partial charge >= 0.3 is 0 Å². The SMILES string of the molecule is CC(=NCC1CC2(C)CC3(C)CC1CC(OCCN(C)CCCCO)(C2)C3)C(=CN)c1ccc(N2CCCc3c2nnc(Nc2nc4cccc(F)c4s2)c3C)nc1C(O)O. The standard InChI is InChI=1S/C46H62FN9O4S/c1-28-32-10-9-16-56(41(32)54-53-40(28)52-43-50-36-12-8-11-35(47)39(36)61-43)37-14-13-33(38(51-37)42(58)59)34(23-48)29(2)49-24-31-21-45(4)25-44(3)20-30(31)22-46(26-44,27-45)60-19-17-55(5)15-6-7-18-57/h8,11-14,23,30-31,42,57-59H,6-7,9-10,15-22,24-27,48H2,1-5H3,(H,50,52,53). The number of aliphatic hydroxyl groups is 3. The normalized spacial score (nSPS) is 26.4. The number of nitrogens with one attached hydrogen (secondary N) is 1. The molecule has 4 saturated carbocycles. The molecule has 1 aliphatic heterocycles. The molecule has 4 aromatic rings. The number of aliphatic hydroxyl groups excluding tert-OH is 2. The van der Waals surface area contributed by atoms with Gasteiger partial charge < -0.3 is 40.9 Å². The molecular formula is C46H62FN9O4S. The van der Waals surface area contributed by atoms with Gasteiger partial charge in [-0.1, -0.05) is 31.3 Å². The average molecular weight is 856 g/mol. The lowest BCUT2D eigenvalue weighted by molar-refractivity contribution is -0.165. The lowest BCUT2D eigenvalue weighted by Crippen LogP contribution is -2.52. The number of benzene rings is 1. The molecule has 4 fully saturated rings. The number of anilines is 4. The van der Waals surface area contributed by atoms with Gasteiger partial charge in [-0.05, 0) is 139 Å². The van der Waals surface area contributed by atoms with Crippen LogP contribution in [0.4, 0.5) is 27.0 Å². The van der Waals surface area contributed by atoms with Crippen LogP contribution in [0, 0.1) is 35.4 Å². The van der Waals surface area contributed by atoms with E-state index in [1.807, 2.05) is 30.9 Å².